The van der Waals surface area contributed by atoms with E-state index in [4.69, 9.17) is 0 Å². The molecule has 1 aromatic carbocycles. The van der Waals surface area contributed by atoms with Crippen LogP contribution in [0.3, 0.4) is 0 Å². The Kier molecular flexibility index (Phi) is 6.98. The van der Waals surface area contributed by atoms with Crippen LogP contribution in [-0.2, 0) is 4.79 Å². The molecule has 1 aromatic rings. The van der Waals surface area contributed by atoms with Gasteiger partial charge in [0, 0.05) is 31.0 Å². The number of ketones is 1. The van der Waals surface area contributed by atoms with E-state index in [0.717, 1.165) is 24.6 Å². The van der Waals surface area contributed by atoms with Gasteiger partial charge in [0.25, 0.3) is 0 Å². The first-order valence-electron chi connectivity index (χ1n) is 9.06. The van der Waals surface area contributed by atoms with Crippen LogP contribution in [-0.4, -0.2) is 42.3 Å². The molecule has 0 bridgehead atoms. The highest BCUT2D eigenvalue weighted by Gasteiger charge is 2.20. The lowest BCUT2D eigenvalue weighted by molar-refractivity contribution is -0.121. The van der Waals surface area contributed by atoms with Crippen molar-refractivity contribution in [2.75, 3.05) is 19.6 Å². The highest BCUT2D eigenvalue weighted by Crippen LogP contribution is 2.17. The predicted molar refractivity (Wildman–Crippen MR) is 97.2 cm³/mol. The number of hydrogen-bond donors (Lipinski definition) is 1. The molecule has 2 rings (SSSR count). The van der Waals surface area contributed by atoms with E-state index in [1.807, 2.05) is 31.2 Å². The minimum absolute atomic E-state index is 0.0308. The van der Waals surface area contributed by atoms with E-state index in [9.17, 15) is 9.59 Å². The predicted octanol–water partition coefficient (Wildman–Crippen LogP) is 3.19. The second-order valence-corrected chi connectivity index (χ2v) is 7.16. The van der Waals surface area contributed by atoms with Gasteiger partial charge in [-0.15, -0.1) is 0 Å². The molecule has 0 radical (unpaired) electrons. The van der Waals surface area contributed by atoms with E-state index in [2.05, 4.69) is 24.1 Å². The number of nitrogens with one attached hydrogen (secondary N) is 1. The first kappa shape index (κ1) is 18.7. The van der Waals surface area contributed by atoms with Crippen LogP contribution < -0.4 is 5.32 Å². The van der Waals surface area contributed by atoms with E-state index in [0.29, 0.717) is 18.2 Å². The van der Waals surface area contributed by atoms with Gasteiger partial charge in [-0.05, 0) is 45.7 Å². The lowest BCUT2D eigenvalue weighted by atomic mass is 9.98. The summed E-state index contributed by atoms with van der Waals surface area (Å²) in [5, 5.41) is 2.97. The number of carbonyl (C=O) groups excluding carboxylic acids is 2. The Morgan fingerprint density at radius 2 is 1.79 bits per heavy atom. The molecule has 1 heterocycles. The molecule has 4 nitrogen and oxygen atoms in total. The van der Waals surface area contributed by atoms with Gasteiger partial charge < -0.3 is 5.32 Å². The van der Waals surface area contributed by atoms with Crippen molar-refractivity contribution < 1.29 is 9.59 Å². The third-order valence-corrected chi connectivity index (χ3v) is 4.99. The molecule has 1 saturated heterocycles. The number of hydrogen-bond acceptors (Lipinski definition) is 3. The lowest BCUT2D eigenvalue weighted by Gasteiger charge is -2.35. The maximum atomic E-state index is 12.1. The van der Waals surface area contributed by atoms with Gasteiger partial charge in [0.1, 0.15) is 0 Å². The second kappa shape index (κ2) is 8.97. The van der Waals surface area contributed by atoms with Crippen LogP contribution in [0, 0.1) is 12.8 Å². The molecule has 1 amide bonds. The molecule has 1 N–H and O–H groups in total. The number of Topliss-reactive ketones (excluding diaryl/α,β-unsaturated/α-hetero) is 1. The summed E-state index contributed by atoms with van der Waals surface area (Å²) in [5.74, 6) is 0.812. The summed E-state index contributed by atoms with van der Waals surface area (Å²) in [7, 11) is 0. The normalized spacial score (nSPS) is 17.5. The molecule has 1 aliphatic heterocycles. The summed E-state index contributed by atoms with van der Waals surface area (Å²) in [6.07, 6.45) is 3.01. The quantitative estimate of drug-likeness (QED) is 0.781. The van der Waals surface area contributed by atoms with Crippen molar-refractivity contribution in [2.45, 2.75) is 52.5 Å². The Morgan fingerprint density at radius 1 is 1.17 bits per heavy atom. The topological polar surface area (TPSA) is 49.4 Å². The highest BCUT2D eigenvalue weighted by molar-refractivity contribution is 5.97. The molecule has 1 atom stereocenters. The Morgan fingerprint density at radius 3 is 2.42 bits per heavy atom. The summed E-state index contributed by atoms with van der Waals surface area (Å²) >= 11 is 0. The first-order valence-corrected chi connectivity index (χ1v) is 9.06. The number of aryl methyl sites for hydroxylation is 1. The van der Waals surface area contributed by atoms with Crippen molar-refractivity contribution in [1.82, 2.24) is 10.2 Å². The van der Waals surface area contributed by atoms with Crippen molar-refractivity contribution in [3.63, 3.8) is 0 Å². The van der Waals surface area contributed by atoms with Gasteiger partial charge in [-0.3, -0.25) is 14.5 Å². The van der Waals surface area contributed by atoms with Crippen molar-refractivity contribution in [2.24, 2.45) is 5.92 Å². The minimum atomic E-state index is -0.0345. The molecule has 0 saturated carbocycles. The average Bonchev–Trinajstić information content (AvgIpc) is 2.58. The summed E-state index contributed by atoms with van der Waals surface area (Å²) in [5.41, 5.74) is 1.81. The van der Waals surface area contributed by atoms with E-state index in [1.165, 1.54) is 12.8 Å². The van der Waals surface area contributed by atoms with Crippen LogP contribution in [0.5, 0.6) is 0 Å². The van der Waals surface area contributed by atoms with Crippen LogP contribution in [0.25, 0.3) is 0 Å². The number of nitrogens with zero attached hydrogens (tertiary/aromatic N) is 1. The fourth-order valence-electron chi connectivity index (χ4n) is 3.06. The molecule has 132 valence electrons. The van der Waals surface area contributed by atoms with Crippen molar-refractivity contribution >= 4 is 11.7 Å². The summed E-state index contributed by atoms with van der Waals surface area (Å²) < 4.78 is 0. The second-order valence-electron chi connectivity index (χ2n) is 7.16. The molecule has 0 spiro atoms. The molecule has 4 heteroatoms. The summed E-state index contributed by atoms with van der Waals surface area (Å²) in [6.45, 7) is 9.34. The molecular formula is C20H30N2O2. The van der Waals surface area contributed by atoms with E-state index >= 15 is 0 Å². The SMILES string of the molecule is Cc1ccc(C(=O)CCC(=O)NCC(C)N2CCC(C)CC2)cc1. The van der Waals surface area contributed by atoms with Crippen molar-refractivity contribution in [1.29, 1.82) is 0 Å². The van der Waals surface area contributed by atoms with E-state index < -0.39 is 0 Å². The van der Waals surface area contributed by atoms with Crippen molar-refractivity contribution in [3.05, 3.63) is 35.4 Å². The Hall–Kier alpha value is -1.68. The zero-order valence-corrected chi connectivity index (χ0v) is 15.2. The number of carbonyl (C=O) groups is 2. The monoisotopic (exact) mass is 330 g/mol. The minimum Gasteiger partial charge on any atom is -0.355 e. The van der Waals surface area contributed by atoms with Crippen LogP contribution >= 0.6 is 0 Å². The van der Waals surface area contributed by atoms with Crippen LogP contribution in [0.2, 0.25) is 0 Å². The molecule has 0 aliphatic carbocycles. The lowest BCUT2D eigenvalue weighted by Crippen LogP contribution is -2.45. The third kappa shape index (κ3) is 5.75. The van der Waals surface area contributed by atoms with Gasteiger partial charge in [0.05, 0.1) is 0 Å². The maximum absolute atomic E-state index is 12.1. The zero-order chi connectivity index (χ0) is 17.5. The average molecular weight is 330 g/mol. The van der Waals surface area contributed by atoms with Crippen LogP contribution in [0.1, 0.15) is 55.5 Å². The Bertz CT molecular complexity index is 545. The van der Waals surface area contributed by atoms with Gasteiger partial charge in [-0.2, -0.15) is 0 Å². The molecule has 1 unspecified atom stereocenters. The highest BCUT2D eigenvalue weighted by atomic mass is 16.2. The molecule has 1 aliphatic rings. The van der Waals surface area contributed by atoms with E-state index in [-0.39, 0.29) is 24.5 Å². The van der Waals surface area contributed by atoms with Gasteiger partial charge in [-0.1, -0.05) is 36.8 Å². The van der Waals surface area contributed by atoms with E-state index in [1.54, 1.807) is 0 Å². The van der Waals surface area contributed by atoms with Gasteiger partial charge in [0.2, 0.25) is 5.91 Å². The summed E-state index contributed by atoms with van der Waals surface area (Å²) in [6, 6.07) is 7.86. The third-order valence-electron chi connectivity index (χ3n) is 4.99. The number of piperidine rings is 1. The first-order chi connectivity index (χ1) is 11.5. The number of benzene rings is 1. The molecule has 1 fully saturated rings. The standard InChI is InChI=1S/C20H30N2O2/c1-15-4-6-18(7-5-15)19(23)8-9-20(24)21-14-17(3)22-12-10-16(2)11-13-22/h4-7,16-17H,8-14H2,1-3H3,(H,21,24). The van der Waals surface area contributed by atoms with Crippen LogP contribution in [0.4, 0.5) is 0 Å². The number of rotatable bonds is 7. The molecular weight excluding hydrogens is 300 g/mol. The maximum Gasteiger partial charge on any atom is 0.220 e. The summed E-state index contributed by atoms with van der Waals surface area (Å²) in [4.78, 5) is 26.5. The fourth-order valence-corrected chi connectivity index (χ4v) is 3.06. The molecule has 0 aromatic heterocycles. The van der Waals surface area contributed by atoms with Gasteiger partial charge in [-0.25, -0.2) is 0 Å². The smallest absolute Gasteiger partial charge is 0.220 e. The Balaban J connectivity index is 1.67. The van der Waals surface area contributed by atoms with Gasteiger partial charge in [0.15, 0.2) is 5.78 Å². The number of likely N-dealkylation sites (tertiary alicyclic amines) is 1. The fraction of sp³-hybridized carbons (Fsp3) is 0.600. The number of amides is 1. The Labute approximate surface area is 145 Å². The van der Waals surface area contributed by atoms with Gasteiger partial charge >= 0.3 is 0 Å². The van der Waals surface area contributed by atoms with Crippen LogP contribution in [0.15, 0.2) is 24.3 Å². The zero-order valence-electron chi connectivity index (χ0n) is 15.2. The molecule has 24 heavy (non-hydrogen) atoms. The van der Waals surface area contributed by atoms with Crippen molar-refractivity contribution in [3.8, 4) is 0 Å². The largest absolute Gasteiger partial charge is 0.355 e.